The van der Waals surface area contributed by atoms with Crippen molar-refractivity contribution < 1.29 is 9.53 Å². The summed E-state index contributed by atoms with van der Waals surface area (Å²) in [6.45, 7) is 6.67. The molecule has 0 saturated carbocycles. The molecule has 1 fully saturated rings. The number of carbonyl (C=O) groups excluding carboxylic acids is 1. The van der Waals surface area contributed by atoms with Crippen LogP contribution in [-0.2, 0) is 0 Å². The number of ether oxygens (including phenoxy) is 1. The standard InChI is InChI=1S/C16H24N2O2/c1-4-20-15-9-8-13(17)10-14(15)16(19)18-11(2)6-5-7-12(18)3/h8-12H,4-7,17H2,1-3H3/t11-,12-/m0/s1. The molecule has 2 N–H and O–H groups in total. The molecule has 0 bridgehead atoms. The predicted octanol–water partition coefficient (Wildman–Crippen LogP) is 3.07. The highest BCUT2D eigenvalue weighted by Gasteiger charge is 2.31. The minimum atomic E-state index is 0.0282. The molecule has 1 amide bonds. The van der Waals surface area contributed by atoms with Crippen LogP contribution in [0.5, 0.6) is 5.75 Å². The molecular formula is C16H24N2O2. The van der Waals surface area contributed by atoms with Crippen molar-refractivity contribution in [2.45, 2.75) is 52.1 Å². The molecule has 1 aromatic rings. The van der Waals surface area contributed by atoms with Crippen molar-refractivity contribution in [1.82, 2.24) is 4.90 Å². The lowest BCUT2D eigenvalue weighted by Crippen LogP contribution is -2.47. The number of rotatable bonds is 3. The quantitative estimate of drug-likeness (QED) is 0.863. The van der Waals surface area contributed by atoms with E-state index in [1.54, 1.807) is 18.2 Å². The van der Waals surface area contributed by atoms with Crippen LogP contribution in [0.15, 0.2) is 18.2 Å². The topological polar surface area (TPSA) is 55.6 Å². The van der Waals surface area contributed by atoms with Gasteiger partial charge in [-0.15, -0.1) is 0 Å². The number of amides is 1. The first-order chi connectivity index (χ1) is 9.54. The maximum atomic E-state index is 12.9. The molecule has 20 heavy (non-hydrogen) atoms. The first-order valence-electron chi connectivity index (χ1n) is 7.39. The van der Waals surface area contributed by atoms with Gasteiger partial charge >= 0.3 is 0 Å². The van der Waals surface area contributed by atoms with E-state index in [0.29, 0.717) is 23.6 Å². The van der Waals surface area contributed by atoms with Crippen LogP contribution in [-0.4, -0.2) is 29.5 Å². The molecule has 0 aliphatic carbocycles. The molecule has 0 aromatic heterocycles. The third kappa shape index (κ3) is 2.89. The van der Waals surface area contributed by atoms with Gasteiger partial charge < -0.3 is 15.4 Å². The van der Waals surface area contributed by atoms with Crippen LogP contribution in [0.2, 0.25) is 0 Å². The lowest BCUT2D eigenvalue weighted by molar-refractivity contribution is 0.0507. The van der Waals surface area contributed by atoms with Gasteiger partial charge in [-0.05, 0) is 58.2 Å². The Morgan fingerprint density at radius 3 is 2.60 bits per heavy atom. The van der Waals surface area contributed by atoms with Crippen LogP contribution in [0.25, 0.3) is 0 Å². The molecule has 1 aliphatic rings. The Kier molecular flexibility index (Phi) is 4.53. The minimum absolute atomic E-state index is 0.0282. The molecule has 1 saturated heterocycles. The van der Waals surface area contributed by atoms with Gasteiger partial charge in [-0.25, -0.2) is 0 Å². The summed E-state index contributed by atoms with van der Waals surface area (Å²) in [5.74, 6) is 0.650. The van der Waals surface area contributed by atoms with Gasteiger partial charge in [0.15, 0.2) is 0 Å². The smallest absolute Gasteiger partial charge is 0.258 e. The number of anilines is 1. The minimum Gasteiger partial charge on any atom is -0.493 e. The van der Waals surface area contributed by atoms with Crippen molar-refractivity contribution in [1.29, 1.82) is 0 Å². The fourth-order valence-electron chi connectivity index (χ4n) is 2.96. The fourth-order valence-corrected chi connectivity index (χ4v) is 2.96. The van der Waals surface area contributed by atoms with Crippen molar-refractivity contribution >= 4 is 11.6 Å². The van der Waals surface area contributed by atoms with E-state index >= 15 is 0 Å². The SMILES string of the molecule is CCOc1ccc(N)cc1C(=O)N1[C@@H](C)CCC[C@@H]1C. The van der Waals surface area contributed by atoms with Crippen LogP contribution in [0, 0.1) is 0 Å². The molecule has 110 valence electrons. The zero-order valence-corrected chi connectivity index (χ0v) is 12.6. The van der Waals surface area contributed by atoms with Gasteiger partial charge in [0, 0.05) is 17.8 Å². The van der Waals surface area contributed by atoms with E-state index in [1.807, 2.05) is 11.8 Å². The monoisotopic (exact) mass is 276 g/mol. The molecule has 4 nitrogen and oxygen atoms in total. The van der Waals surface area contributed by atoms with Crippen LogP contribution in [0.4, 0.5) is 5.69 Å². The number of carbonyl (C=O) groups is 1. The average molecular weight is 276 g/mol. The summed E-state index contributed by atoms with van der Waals surface area (Å²) in [5, 5.41) is 0. The van der Waals surface area contributed by atoms with Crippen LogP contribution in [0.3, 0.4) is 0 Å². The van der Waals surface area contributed by atoms with Crippen molar-refractivity contribution in [3.05, 3.63) is 23.8 Å². The Morgan fingerprint density at radius 2 is 2.00 bits per heavy atom. The van der Waals surface area contributed by atoms with Crippen LogP contribution >= 0.6 is 0 Å². The second-order valence-electron chi connectivity index (χ2n) is 5.53. The highest BCUT2D eigenvalue weighted by atomic mass is 16.5. The fraction of sp³-hybridized carbons (Fsp3) is 0.562. The number of benzene rings is 1. The summed E-state index contributed by atoms with van der Waals surface area (Å²) in [5.41, 5.74) is 7.00. The Labute approximate surface area is 120 Å². The number of nitrogens with zero attached hydrogens (tertiary/aromatic N) is 1. The first-order valence-corrected chi connectivity index (χ1v) is 7.39. The summed E-state index contributed by atoms with van der Waals surface area (Å²) < 4.78 is 5.57. The Balaban J connectivity index is 2.34. The Bertz CT molecular complexity index is 477. The highest BCUT2D eigenvalue weighted by Crippen LogP contribution is 2.29. The number of likely N-dealkylation sites (tertiary alicyclic amines) is 1. The zero-order valence-electron chi connectivity index (χ0n) is 12.6. The molecule has 1 aliphatic heterocycles. The van der Waals surface area contributed by atoms with E-state index in [4.69, 9.17) is 10.5 Å². The molecule has 0 radical (unpaired) electrons. The van der Waals surface area contributed by atoms with Crippen molar-refractivity contribution in [3.8, 4) is 5.75 Å². The van der Waals surface area contributed by atoms with E-state index < -0.39 is 0 Å². The third-order valence-electron chi connectivity index (χ3n) is 3.96. The number of hydrogen-bond acceptors (Lipinski definition) is 3. The number of nitrogens with two attached hydrogens (primary N) is 1. The van der Waals surface area contributed by atoms with Crippen LogP contribution in [0.1, 0.15) is 50.4 Å². The number of hydrogen-bond donors (Lipinski definition) is 1. The first kappa shape index (κ1) is 14.7. The highest BCUT2D eigenvalue weighted by molar-refractivity contribution is 5.98. The van der Waals surface area contributed by atoms with Crippen molar-refractivity contribution in [2.24, 2.45) is 0 Å². The summed E-state index contributed by atoms with van der Waals surface area (Å²) in [4.78, 5) is 14.8. The second-order valence-corrected chi connectivity index (χ2v) is 5.53. The van der Waals surface area contributed by atoms with Gasteiger partial charge in [-0.3, -0.25) is 4.79 Å². The number of nitrogen functional groups attached to an aromatic ring is 1. The van der Waals surface area contributed by atoms with Gasteiger partial charge in [0.05, 0.1) is 12.2 Å². The lowest BCUT2D eigenvalue weighted by atomic mass is 9.96. The molecule has 4 heteroatoms. The predicted molar refractivity (Wildman–Crippen MR) is 81.0 cm³/mol. The maximum Gasteiger partial charge on any atom is 0.258 e. The van der Waals surface area contributed by atoms with E-state index in [9.17, 15) is 4.79 Å². The van der Waals surface area contributed by atoms with E-state index in [0.717, 1.165) is 12.8 Å². The van der Waals surface area contributed by atoms with Crippen molar-refractivity contribution in [3.63, 3.8) is 0 Å². The molecular weight excluding hydrogens is 252 g/mol. The summed E-state index contributed by atoms with van der Waals surface area (Å²) in [6.07, 6.45) is 3.30. The lowest BCUT2D eigenvalue weighted by Gasteiger charge is -2.39. The summed E-state index contributed by atoms with van der Waals surface area (Å²) >= 11 is 0. The van der Waals surface area contributed by atoms with Gasteiger partial charge in [0.25, 0.3) is 5.91 Å². The van der Waals surface area contributed by atoms with E-state index in [1.165, 1.54) is 6.42 Å². The second kappa shape index (κ2) is 6.16. The van der Waals surface area contributed by atoms with Crippen molar-refractivity contribution in [2.75, 3.05) is 12.3 Å². The number of piperidine rings is 1. The zero-order chi connectivity index (χ0) is 14.7. The van der Waals surface area contributed by atoms with Gasteiger partial charge in [0.1, 0.15) is 5.75 Å². The molecule has 0 unspecified atom stereocenters. The van der Waals surface area contributed by atoms with Crippen LogP contribution < -0.4 is 10.5 Å². The molecule has 2 rings (SSSR count). The Morgan fingerprint density at radius 1 is 1.35 bits per heavy atom. The summed E-state index contributed by atoms with van der Waals surface area (Å²) in [6, 6.07) is 5.81. The van der Waals surface area contributed by atoms with Gasteiger partial charge in [-0.1, -0.05) is 0 Å². The molecule has 1 heterocycles. The van der Waals surface area contributed by atoms with E-state index in [-0.39, 0.29) is 18.0 Å². The molecule has 2 atom stereocenters. The summed E-state index contributed by atoms with van der Waals surface area (Å²) in [7, 11) is 0. The molecule has 1 aromatic carbocycles. The maximum absolute atomic E-state index is 12.9. The van der Waals surface area contributed by atoms with Gasteiger partial charge in [0.2, 0.25) is 0 Å². The van der Waals surface area contributed by atoms with E-state index in [2.05, 4.69) is 13.8 Å². The van der Waals surface area contributed by atoms with Gasteiger partial charge in [-0.2, -0.15) is 0 Å². The Hall–Kier alpha value is -1.71. The largest absolute Gasteiger partial charge is 0.493 e. The molecule has 0 spiro atoms. The average Bonchev–Trinajstić information content (AvgIpc) is 2.40. The third-order valence-corrected chi connectivity index (χ3v) is 3.96. The normalized spacial score (nSPS) is 22.6.